The smallest absolute Gasteiger partial charge is 0.262 e. The Bertz CT molecular complexity index is 827. The molecular weight excluding hydrogens is 271 g/mol. The van der Waals surface area contributed by atoms with Crippen LogP contribution in [0.3, 0.4) is 0 Å². The molecule has 0 bridgehead atoms. The lowest BCUT2D eigenvalue weighted by Crippen LogP contribution is -2.12. The SMILES string of the molecule is O=c1[nH]c(-c2ccc(F)cc2)nc(O)c1-c1ccccc1. The quantitative estimate of drug-likeness (QED) is 0.759. The van der Waals surface area contributed by atoms with Gasteiger partial charge in [0.2, 0.25) is 5.88 Å². The summed E-state index contributed by atoms with van der Waals surface area (Å²) in [7, 11) is 0. The van der Waals surface area contributed by atoms with Crippen LogP contribution in [0.2, 0.25) is 0 Å². The van der Waals surface area contributed by atoms with Gasteiger partial charge in [0, 0.05) is 5.56 Å². The minimum Gasteiger partial charge on any atom is -0.493 e. The van der Waals surface area contributed by atoms with Crippen LogP contribution >= 0.6 is 0 Å². The van der Waals surface area contributed by atoms with Gasteiger partial charge in [-0.2, -0.15) is 4.98 Å². The Balaban J connectivity index is 2.13. The van der Waals surface area contributed by atoms with Gasteiger partial charge in [-0.1, -0.05) is 30.3 Å². The molecule has 1 heterocycles. The van der Waals surface area contributed by atoms with E-state index in [1.165, 1.54) is 24.3 Å². The Morgan fingerprint density at radius 1 is 0.952 bits per heavy atom. The first kappa shape index (κ1) is 13.1. The zero-order chi connectivity index (χ0) is 14.8. The predicted molar refractivity (Wildman–Crippen MR) is 77.4 cm³/mol. The van der Waals surface area contributed by atoms with E-state index in [0.29, 0.717) is 11.1 Å². The van der Waals surface area contributed by atoms with Gasteiger partial charge >= 0.3 is 0 Å². The Morgan fingerprint density at radius 3 is 2.24 bits per heavy atom. The first-order chi connectivity index (χ1) is 10.1. The van der Waals surface area contributed by atoms with E-state index in [1.54, 1.807) is 24.3 Å². The summed E-state index contributed by atoms with van der Waals surface area (Å²) in [5.74, 6) is -0.548. The van der Waals surface area contributed by atoms with Crippen LogP contribution in [0.15, 0.2) is 59.4 Å². The largest absolute Gasteiger partial charge is 0.493 e. The summed E-state index contributed by atoms with van der Waals surface area (Å²) in [4.78, 5) is 18.8. The molecule has 0 saturated heterocycles. The van der Waals surface area contributed by atoms with E-state index in [4.69, 9.17) is 0 Å². The van der Waals surface area contributed by atoms with Crippen LogP contribution in [-0.2, 0) is 0 Å². The molecule has 5 heteroatoms. The van der Waals surface area contributed by atoms with E-state index in [9.17, 15) is 14.3 Å². The molecule has 3 rings (SSSR count). The molecule has 0 aliphatic heterocycles. The van der Waals surface area contributed by atoms with Crippen molar-refractivity contribution in [2.24, 2.45) is 0 Å². The molecule has 0 unspecified atom stereocenters. The van der Waals surface area contributed by atoms with Crippen molar-refractivity contribution < 1.29 is 9.50 Å². The van der Waals surface area contributed by atoms with Gasteiger partial charge in [-0.05, 0) is 29.8 Å². The summed E-state index contributed by atoms with van der Waals surface area (Å²) in [6.45, 7) is 0. The number of aromatic nitrogens is 2. The van der Waals surface area contributed by atoms with Crippen LogP contribution in [-0.4, -0.2) is 15.1 Å². The molecule has 2 aromatic carbocycles. The molecule has 0 aliphatic rings. The maximum atomic E-state index is 12.9. The molecule has 0 aliphatic carbocycles. The normalized spacial score (nSPS) is 10.5. The molecule has 4 nitrogen and oxygen atoms in total. The fourth-order valence-corrected chi connectivity index (χ4v) is 2.07. The number of halogens is 1. The lowest BCUT2D eigenvalue weighted by Gasteiger charge is -2.06. The molecule has 1 aromatic heterocycles. The second-order valence-corrected chi connectivity index (χ2v) is 4.49. The predicted octanol–water partition coefficient (Wildman–Crippen LogP) is 2.95. The van der Waals surface area contributed by atoms with Gasteiger partial charge in [-0.25, -0.2) is 4.39 Å². The standard InChI is InChI=1S/C16H11FN2O2/c17-12-8-6-11(7-9-12)14-18-15(20)13(16(21)19-14)10-4-2-1-3-5-10/h1-9H,(H2,18,19,20,21). The molecule has 2 N–H and O–H groups in total. The molecule has 0 atom stereocenters. The van der Waals surface area contributed by atoms with E-state index >= 15 is 0 Å². The highest BCUT2D eigenvalue weighted by Crippen LogP contribution is 2.25. The number of benzene rings is 2. The number of H-pyrrole nitrogens is 1. The number of rotatable bonds is 2. The topological polar surface area (TPSA) is 66.0 Å². The molecule has 21 heavy (non-hydrogen) atoms. The van der Waals surface area contributed by atoms with Crippen LogP contribution in [0, 0.1) is 5.82 Å². The minimum absolute atomic E-state index is 0.112. The monoisotopic (exact) mass is 282 g/mol. The van der Waals surface area contributed by atoms with Gasteiger partial charge in [0.25, 0.3) is 5.56 Å². The van der Waals surface area contributed by atoms with Crippen LogP contribution in [0.25, 0.3) is 22.5 Å². The van der Waals surface area contributed by atoms with E-state index < -0.39 is 5.56 Å². The Labute approximate surface area is 119 Å². The summed E-state index contributed by atoms with van der Waals surface area (Å²) in [5, 5.41) is 10.0. The number of nitrogens with one attached hydrogen (secondary N) is 1. The lowest BCUT2D eigenvalue weighted by atomic mass is 10.1. The van der Waals surface area contributed by atoms with Crippen molar-refractivity contribution in [3.8, 4) is 28.4 Å². The fourth-order valence-electron chi connectivity index (χ4n) is 2.07. The van der Waals surface area contributed by atoms with Gasteiger partial charge in [0.05, 0.1) is 0 Å². The van der Waals surface area contributed by atoms with Gasteiger partial charge < -0.3 is 10.1 Å². The highest BCUT2D eigenvalue weighted by Gasteiger charge is 2.13. The summed E-state index contributed by atoms with van der Waals surface area (Å²) < 4.78 is 12.9. The van der Waals surface area contributed by atoms with E-state index in [2.05, 4.69) is 9.97 Å². The van der Waals surface area contributed by atoms with E-state index in [1.807, 2.05) is 6.07 Å². The highest BCUT2D eigenvalue weighted by molar-refractivity contribution is 5.69. The van der Waals surface area contributed by atoms with Crippen molar-refractivity contribution in [3.63, 3.8) is 0 Å². The fraction of sp³-hybridized carbons (Fsp3) is 0. The van der Waals surface area contributed by atoms with Gasteiger partial charge in [0.1, 0.15) is 17.2 Å². The summed E-state index contributed by atoms with van der Waals surface area (Å²) in [5.41, 5.74) is 0.757. The summed E-state index contributed by atoms with van der Waals surface area (Å²) in [6.07, 6.45) is 0. The summed E-state index contributed by atoms with van der Waals surface area (Å²) >= 11 is 0. The summed E-state index contributed by atoms with van der Waals surface area (Å²) in [6, 6.07) is 14.3. The lowest BCUT2D eigenvalue weighted by molar-refractivity contribution is 0.454. The van der Waals surface area contributed by atoms with Crippen LogP contribution < -0.4 is 5.56 Å². The molecule has 3 aromatic rings. The third-order valence-corrected chi connectivity index (χ3v) is 3.08. The number of hydrogen-bond acceptors (Lipinski definition) is 3. The molecule has 0 radical (unpaired) electrons. The van der Waals surface area contributed by atoms with Crippen molar-refractivity contribution in [2.45, 2.75) is 0 Å². The average molecular weight is 282 g/mol. The molecule has 0 amide bonds. The molecule has 0 saturated carbocycles. The number of hydrogen-bond donors (Lipinski definition) is 2. The zero-order valence-corrected chi connectivity index (χ0v) is 10.9. The van der Waals surface area contributed by atoms with Crippen molar-refractivity contribution in [1.82, 2.24) is 9.97 Å². The number of aromatic amines is 1. The second kappa shape index (κ2) is 5.20. The van der Waals surface area contributed by atoms with Gasteiger partial charge in [-0.3, -0.25) is 4.79 Å². The first-order valence-electron chi connectivity index (χ1n) is 6.30. The van der Waals surface area contributed by atoms with E-state index in [0.717, 1.165) is 0 Å². The molecule has 104 valence electrons. The Hall–Kier alpha value is -2.95. The highest BCUT2D eigenvalue weighted by atomic mass is 19.1. The van der Waals surface area contributed by atoms with Crippen LogP contribution in [0.4, 0.5) is 4.39 Å². The second-order valence-electron chi connectivity index (χ2n) is 4.49. The average Bonchev–Trinajstić information content (AvgIpc) is 2.48. The number of aromatic hydroxyl groups is 1. The minimum atomic E-state index is -0.451. The first-order valence-corrected chi connectivity index (χ1v) is 6.30. The van der Waals surface area contributed by atoms with Crippen molar-refractivity contribution in [2.75, 3.05) is 0 Å². The molecular formula is C16H11FN2O2. The van der Waals surface area contributed by atoms with Crippen LogP contribution in [0.5, 0.6) is 5.88 Å². The zero-order valence-electron chi connectivity index (χ0n) is 10.9. The van der Waals surface area contributed by atoms with Gasteiger partial charge in [0.15, 0.2) is 0 Å². The Morgan fingerprint density at radius 2 is 1.62 bits per heavy atom. The Kier molecular flexibility index (Phi) is 3.23. The van der Waals surface area contributed by atoms with Crippen molar-refractivity contribution >= 4 is 0 Å². The van der Waals surface area contributed by atoms with Crippen LogP contribution in [0.1, 0.15) is 0 Å². The van der Waals surface area contributed by atoms with Gasteiger partial charge in [-0.15, -0.1) is 0 Å². The third kappa shape index (κ3) is 2.53. The maximum absolute atomic E-state index is 12.9. The number of nitrogens with zero attached hydrogens (tertiary/aromatic N) is 1. The van der Waals surface area contributed by atoms with E-state index in [-0.39, 0.29) is 23.1 Å². The van der Waals surface area contributed by atoms with Crippen molar-refractivity contribution in [1.29, 1.82) is 0 Å². The molecule has 0 spiro atoms. The molecule has 0 fully saturated rings. The maximum Gasteiger partial charge on any atom is 0.262 e. The third-order valence-electron chi connectivity index (χ3n) is 3.08. The van der Waals surface area contributed by atoms with Crippen molar-refractivity contribution in [3.05, 3.63) is 70.8 Å².